The first kappa shape index (κ1) is 13.8. The predicted octanol–water partition coefficient (Wildman–Crippen LogP) is 3.16. The lowest BCUT2D eigenvalue weighted by Gasteiger charge is -2.14. The van der Waals surface area contributed by atoms with Gasteiger partial charge in [-0.25, -0.2) is 4.39 Å². The van der Waals surface area contributed by atoms with Crippen molar-refractivity contribution in [3.05, 3.63) is 58.6 Å². The van der Waals surface area contributed by atoms with E-state index in [2.05, 4.69) is 4.98 Å². The number of aliphatic hydroxyl groups is 1. The van der Waals surface area contributed by atoms with Crippen LogP contribution < -0.4 is 4.74 Å². The lowest BCUT2D eigenvalue weighted by Crippen LogP contribution is -2.04. The second-order valence-electron chi connectivity index (χ2n) is 4.09. The Bertz CT molecular complexity index is 577. The number of methoxy groups -OCH3 is 1. The Morgan fingerprint density at radius 2 is 2.21 bits per heavy atom. The second kappa shape index (κ2) is 5.99. The first-order valence-corrected chi connectivity index (χ1v) is 6.09. The number of aromatic nitrogens is 1. The Kier molecular flexibility index (Phi) is 4.35. The van der Waals surface area contributed by atoms with Crippen LogP contribution in [0.2, 0.25) is 5.02 Å². The second-order valence-corrected chi connectivity index (χ2v) is 4.49. The number of aliphatic hydroxyl groups excluding tert-OH is 1. The maximum atomic E-state index is 13.1. The van der Waals surface area contributed by atoms with Crippen LogP contribution in [0.1, 0.15) is 17.2 Å². The minimum Gasteiger partial charge on any atom is -0.495 e. The Balaban J connectivity index is 2.20. The minimum absolute atomic E-state index is 0.0476. The normalized spacial score (nSPS) is 12.2. The largest absolute Gasteiger partial charge is 0.495 e. The highest BCUT2D eigenvalue weighted by Gasteiger charge is 2.14. The van der Waals surface area contributed by atoms with Gasteiger partial charge in [0.25, 0.3) is 0 Å². The van der Waals surface area contributed by atoms with Crippen LogP contribution in [0.4, 0.5) is 4.39 Å². The van der Waals surface area contributed by atoms with Crippen molar-refractivity contribution < 1.29 is 14.2 Å². The molecule has 0 aliphatic rings. The van der Waals surface area contributed by atoms with E-state index < -0.39 is 11.9 Å². The molecule has 5 heteroatoms. The summed E-state index contributed by atoms with van der Waals surface area (Å²) >= 11 is 5.71. The molecule has 1 aromatic heterocycles. The number of benzene rings is 1. The Labute approximate surface area is 115 Å². The summed E-state index contributed by atoms with van der Waals surface area (Å²) < 4.78 is 18.2. The molecule has 1 unspecified atom stereocenters. The number of nitrogens with zero attached hydrogens (tertiary/aromatic N) is 1. The number of rotatable bonds is 4. The van der Waals surface area contributed by atoms with Crippen molar-refractivity contribution in [3.63, 3.8) is 0 Å². The van der Waals surface area contributed by atoms with Crippen molar-refractivity contribution in [2.45, 2.75) is 12.5 Å². The summed E-state index contributed by atoms with van der Waals surface area (Å²) in [6.07, 6.45) is 2.68. The molecule has 1 N–H and O–H groups in total. The molecule has 0 saturated heterocycles. The van der Waals surface area contributed by atoms with Crippen LogP contribution in [-0.4, -0.2) is 17.2 Å². The number of hydrogen-bond donors (Lipinski definition) is 1. The van der Waals surface area contributed by atoms with Gasteiger partial charge >= 0.3 is 0 Å². The van der Waals surface area contributed by atoms with Crippen LogP contribution in [0, 0.1) is 5.82 Å². The van der Waals surface area contributed by atoms with E-state index in [9.17, 15) is 9.50 Å². The maximum absolute atomic E-state index is 13.1. The molecule has 19 heavy (non-hydrogen) atoms. The lowest BCUT2D eigenvalue weighted by molar-refractivity contribution is 0.174. The van der Waals surface area contributed by atoms with Gasteiger partial charge in [0.05, 0.1) is 24.4 Å². The average Bonchev–Trinajstić information content (AvgIpc) is 2.43. The van der Waals surface area contributed by atoms with Gasteiger partial charge in [0, 0.05) is 18.2 Å². The van der Waals surface area contributed by atoms with Crippen LogP contribution in [0.15, 0.2) is 36.7 Å². The molecule has 0 spiro atoms. The molecule has 2 rings (SSSR count). The van der Waals surface area contributed by atoms with Crippen molar-refractivity contribution in [2.75, 3.05) is 7.11 Å². The van der Waals surface area contributed by atoms with Crippen LogP contribution in [0.3, 0.4) is 0 Å². The fraction of sp³-hybridized carbons (Fsp3) is 0.214. The van der Waals surface area contributed by atoms with Crippen molar-refractivity contribution in [2.24, 2.45) is 0 Å². The minimum atomic E-state index is -0.764. The van der Waals surface area contributed by atoms with E-state index in [0.29, 0.717) is 17.7 Å². The van der Waals surface area contributed by atoms with Gasteiger partial charge in [0.2, 0.25) is 0 Å². The highest BCUT2D eigenvalue weighted by molar-refractivity contribution is 6.30. The SMILES string of the molecule is COc1cnccc1C(O)Cc1ccc(F)c(Cl)c1. The average molecular weight is 282 g/mol. The van der Waals surface area contributed by atoms with Crippen LogP contribution in [-0.2, 0) is 6.42 Å². The molecule has 1 atom stereocenters. The van der Waals surface area contributed by atoms with E-state index in [1.54, 1.807) is 18.3 Å². The summed E-state index contributed by atoms with van der Waals surface area (Å²) in [4.78, 5) is 3.92. The summed E-state index contributed by atoms with van der Waals surface area (Å²) in [6.45, 7) is 0. The highest BCUT2D eigenvalue weighted by atomic mass is 35.5. The number of pyridine rings is 1. The van der Waals surface area contributed by atoms with E-state index >= 15 is 0 Å². The van der Waals surface area contributed by atoms with Crippen molar-refractivity contribution in [3.8, 4) is 5.75 Å². The topological polar surface area (TPSA) is 42.4 Å². The van der Waals surface area contributed by atoms with Crippen molar-refractivity contribution in [1.29, 1.82) is 0 Å². The monoisotopic (exact) mass is 281 g/mol. The third kappa shape index (κ3) is 3.22. The molecule has 100 valence electrons. The molecule has 3 nitrogen and oxygen atoms in total. The Morgan fingerprint density at radius 1 is 1.42 bits per heavy atom. The van der Waals surface area contributed by atoms with Gasteiger partial charge in [0.1, 0.15) is 11.6 Å². The first-order chi connectivity index (χ1) is 9.11. The fourth-order valence-electron chi connectivity index (χ4n) is 1.84. The smallest absolute Gasteiger partial charge is 0.142 e. The highest BCUT2D eigenvalue weighted by Crippen LogP contribution is 2.27. The zero-order chi connectivity index (χ0) is 13.8. The Morgan fingerprint density at radius 3 is 2.89 bits per heavy atom. The lowest BCUT2D eigenvalue weighted by atomic mass is 10.0. The summed E-state index contributed by atoms with van der Waals surface area (Å²) in [6, 6.07) is 6.08. The maximum Gasteiger partial charge on any atom is 0.142 e. The molecule has 0 aliphatic heterocycles. The molecular formula is C14H13ClFNO2. The molecule has 1 aromatic carbocycles. The van der Waals surface area contributed by atoms with Crippen LogP contribution in [0.25, 0.3) is 0 Å². The molecule has 1 heterocycles. The summed E-state index contributed by atoms with van der Waals surface area (Å²) in [5.74, 6) is 0.0459. The van der Waals surface area contributed by atoms with Gasteiger partial charge in [-0.05, 0) is 23.8 Å². The molecule has 2 aromatic rings. The van der Waals surface area contributed by atoms with E-state index in [1.807, 2.05) is 0 Å². The quantitative estimate of drug-likeness (QED) is 0.936. The zero-order valence-corrected chi connectivity index (χ0v) is 11.1. The molecular weight excluding hydrogens is 269 g/mol. The van der Waals surface area contributed by atoms with E-state index in [1.165, 1.54) is 25.4 Å². The molecule has 0 fully saturated rings. The predicted molar refractivity (Wildman–Crippen MR) is 70.9 cm³/mol. The third-order valence-electron chi connectivity index (χ3n) is 2.81. The standard InChI is InChI=1S/C14H13ClFNO2/c1-19-14-8-17-5-4-10(14)13(18)7-9-2-3-12(16)11(15)6-9/h2-6,8,13,18H,7H2,1H3. The molecule has 0 amide bonds. The fourth-order valence-corrected chi connectivity index (χ4v) is 2.04. The summed E-state index contributed by atoms with van der Waals surface area (Å²) in [7, 11) is 1.52. The molecule has 0 bridgehead atoms. The van der Waals surface area contributed by atoms with E-state index in [-0.39, 0.29) is 5.02 Å². The van der Waals surface area contributed by atoms with Gasteiger partial charge in [0.15, 0.2) is 0 Å². The zero-order valence-electron chi connectivity index (χ0n) is 10.3. The van der Waals surface area contributed by atoms with Crippen LogP contribution in [0.5, 0.6) is 5.75 Å². The molecule has 0 radical (unpaired) electrons. The number of ether oxygens (including phenoxy) is 1. The summed E-state index contributed by atoms with van der Waals surface area (Å²) in [5, 5.41) is 10.2. The van der Waals surface area contributed by atoms with Crippen LogP contribution >= 0.6 is 11.6 Å². The first-order valence-electron chi connectivity index (χ1n) is 5.71. The van der Waals surface area contributed by atoms with Gasteiger partial charge in [-0.1, -0.05) is 17.7 Å². The van der Waals surface area contributed by atoms with E-state index in [4.69, 9.17) is 16.3 Å². The van der Waals surface area contributed by atoms with E-state index in [0.717, 1.165) is 5.56 Å². The summed E-state index contributed by atoms with van der Waals surface area (Å²) in [5.41, 5.74) is 1.38. The Hall–Kier alpha value is -1.65. The van der Waals surface area contributed by atoms with Gasteiger partial charge < -0.3 is 9.84 Å². The van der Waals surface area contributed by atoms with Gasteiger partial charge in [-0.2, -0.15) is 0 Å². The molecule has 0 aliphatic carbocycles. The number of halogens is 2. The van der Waals surface area contributed by atoms with Gasteiger partial charge in [-0.15, -0.1) is 0 Å². The van der Waals surface area contributed by atoms with Gasteiger partial charge in [-0.3, -0.25) is 4.98 Å². The van der Waals surface area contributed by atoms with Crippen molar-refractivity contribution >= 4 is 11.6 Å². The van der Waals surface area contributed by atoms with Crippen molar-refractivity contribution in [1.82, 2.24) is 4.98 Å². The molecule has 0 saturated carbocycles. The third-order valence-corrected chi connectivity index (χ3v) is 3.10. The number of hydrogen-bond acceptors (Lipinski definition) is 3.